The Labute approximate surface area is 323 Å². The maximum absolute atomic E-state index is 5.36. The minimum Gasteiger partial charge on any atom is -0.309 e. The van der Waals surface area contributed by atoms with Crippen molar-refractivity contribution in [3.05, 3.63) is 170 Å². The van der Waals surface area contributed by atoms with Crippen molar-refractivity contribution < 1.29 is 0 Å². The third kappa shape index (κ3) is 4.72. The van der Waals surface area contributed by atoms with Gasteiger partial charge in [0.1, 0.15) is 0 Å². The highest BCUT2D eigenvalue weighted by atomic mass is 32.1. The average molecular weight is 737 g/mol. The molecule has 0 atom stereocenters. The van der Waals surface area contributed by atoms with E-state index in [9.17, 15) is 0 Å². The van der Waals surface area contributed by atoms with E-state index in [1.165, 1.54) is 62.7 Å². The van der Waals surface area contributed by atoms with Crippen LogP contribution in [0.1, 0.15) is 0 Å². The molecule has 256 valence electrons. The van der Waals surface area contributed by atoms with Crippen LogP contribution in [0.15, 0.2) is 170 Å². The van der Waals surface area contributed by atoms with Crippen LogP contribution >= 0.6 is 22.7 Å². The molecule has 4 heterocycles. The Morgan fingerprint density at radius 3 is 1.85 bits per heavy atom. The number of aromatic nitrogens is 4. The van der Waals surface area contributed by atoms with E-state index in [0.717, 1.165) is 32.6 Å². The van der Waals surface area contributed by atoms with Gasteiger partial charge in [-0.05, 0) is 65.4 Å². The van der Waals surface area contributed by atoms with E-state index in [4.69, 9.17) is 15.0 Å². The Balaban J connectivity index is 1.17. The number of thiophene rings is 2. The molecule has 0 aliphatic heterocycles. The van der Waals surface area contributed by atoms with Gasteiger partial charge < -0.3 is 4.57 Å². The maximum Gasteiger partial charge on any atom is 0.165 e. The summed E-state index contributed by atoms with van der Waals surface area (Å²) in [6.45, 7) is 0. The molecular formula is C49H28N4S2. The smallest absolute Gasteiger partial charge is 0.165 e. The Kier molecular flexibility index (Phi) is 6.64. The molecule has 0 aliphatic rings. The van der Waals surface area contributed by atoms with E-state index in [-0.39, 0.29) is 0 Å². The van der Waals surface area contributed by atoms with Gasteiger partial charge >= 0.3 is 0 Å². The van der Waals surface area contributed by atoms with Crippen molar-refractivity contribution in [1.29, 1.82) is 0 Å². The van der Waals surface area contributed by atoms with E-state index in [2.05, 4.69) is 156 Å². The predicted octanol–water partition coefficient (Wildman–Crippen LogP) is 13.9. The zero-order chi connectivity index (χ0) is 36.0. The summed E-state index contributed by atoms with van der Waals surface area (Å²) in [5, 5.41) is 9.86. The summed E-state index contributed by atoms with van der Waals surface area (Å²) < 4.78 is 7.34. The van der Waals surface area contributed by atoms with Crippen LogP contribution < -0.4 is 0 Å². The molecule has 55 heavy (non-hydrogen) atoms. The summed E-state index contributed by atoms with van der Waals surface area (Å²) in [6, 6.07) is 60.8. The highest BCUT2D eigenvalue weighted by Crippen LogP contribution is 2.44. The second kappa shape index (κ2) is 11.9. The number of hydrogen-bond acceptors (Lipinski definition) is 5. The second-order valence-corrected chi connectivity index (χ2v) is 16.1. The summed E-state index contributed by atoms with van der Waals surface area (Å²) in [4.78, 5) is 15.8. The third-order valence-corrected chi connectivity index (χ3v) is 13.2. The highest BCUT2D eigenvalue weighted by molar-refractivity contribution is 7.26. The molecular weight excluding hydrogens is 709 g/mol. The van der Waals surface area contributed by atoms with Crippen LogP contribution in [0.2, 0.25) is 0 Å². The molecule has 0 saturated carbocycles. The first-order valence-corrected chi connectivity index (χ1v) is 20.0. The van der Waals surface area contributed by atoms with Crippen LogP contribution in [-0.2, 0) is 0 Å². The van der Waals surface area contributed by atoms with Crippen molar-refractivity contribution in [3.8, 4) is 39.9 Å². The van der Waals surface area contributed by atoms with Crippen molar-refractivity contribution >= 4 is 95.6 Å². The van der Waals surface area contributed by atoms with E-state index in [0.29, 0.717) is 17.5 Å². The molecule has 0 unspecified atom stereocenters. The Morgan fingerprint density at radius 2 is 1.02 bits per heavy atom. The number of fused-ring (bicyclic) bond motifs is 11. The molecule has 0 radical (unpaired) electrons. The average Bonchev–Trinajstić information content (AvgIpc) is 3.93. The standard InChI is InChI=1S/C49H28N4S2/c1-2-13-30(14-3-1)47-50-48(31-23-25-44-37(26-31)34-16-7-10-20-42(34)54-44)52-49(51-47)39-28-32(27-38-35-17-8-11-21-43(35)55-46(38)39)53-40-19-9-6-18-36(40)45-33-15-5-4-12-29(33)22-24-41(45)53/h1-28H. The van der Waals surface area contributed by atoms with Crippen LogP contribution in [0.25, 0.3) is 113 Å². The quantitative estimate of drug-likeness (QED) is 0.181. The molecule has 4 nitrogen and oxygen atoms in total. The van der Waals surface area contributed by atoms with E-state index in [1.807, 2.05) is 29.5 Å². The van der Waals surface area contributed by atoms with Crippen molar-refractivity contribution in [2.24, 2.45) is 0 Å². The maximum atomic E-state index is 5.36. The second-order valence-electron chi connectivity index (χ2n) is 14.0. The first kappa shape index (κ1) is 30.7. The van der Waals surface area contributed by atoms with Gasteiger partial charge in [0.05, 0.1) is 11.0 Å². The van der Waals surface area contributed by atoms with Crippen LogP contribution in [0.4, 0.5) is 0 Å². The van der Waals surface area contributed by atoms with Crippen molar-refractivity contribution in [1.82, 2.24) is 19.5 Å². The molecule has 0 N–H and O–H groups in total. The first-order valence-electron chi connectivity index (χ1n) is 18.4. The minimum atomic E-state index is 0.652. The number of benzene rings is 8. The molecule has 0 bridgehead atoms. The zero-order valence-electron chi connectivity index (χ0n) is 29.3. The molecule has 12 rings (SSSR count). The third-order valence-electron chi connectivity index (χ3n) is 10.8. The monoisotopic (exact) mass is 736 g/mol. The summed E-state index contributed by atoms with van der Waals surface area (Å²) >= 11 is 3.61. The van der Waals surface area contributed by atoms with Crippen LogP contribution in [0, 0.1) is 0 Å². The SMILES string of the molecule is c1ccc(-c2nc(-c3ccc4sc5ccccc5c4c3)nc(-c3cc(-n4c5ccccc5c5c6ccccc6ccc54)cc4c3sc3ccccc34)n2)cc1. The van der Waals surface area contributed by atoms with Gasteiger partial charge in [0.2, 0.25) is 0 Å². The van der Waals surface area contributed by atoms with Gasteiger partial charge in [0.25, 0.3) is 0 Å². The lowest BCUT2D eigenvalue weighted by atomic mass is 10.0. The number of rotatable bonds is 4. The van der Waals surface area contributed by atoms with Crippen LogP contribution in [0.3, 0.4) is 0 Å². The Morgan fingerprint density at radius 1 is 0.382 bits per heavy atom. The minimum absolute atomic E-state index is 0.652. The first-order chi connectivity index (χ1) is 27.2. The molecule has 6 heteroatoms. The van der Waals surface area contributed by atoms with Crippen molar-refractivity contribution in [3.63, 3.8) is 0 Å². The summed E-state index contributed by atoms with van der Waals surface area (Å²) in [7, 11) is 0. The lowest BCUT2D eigenvalue weighted by Crippen LogP contribution is -2.01. The Bertz CT molecular complexity index is 3500. The number of hydrogen-bond donors (Lipinski definition) is 0. The molecule has 0 amide bonds. The highest BCUT2D eigenvalue weighted by Gasteiger charge is 2.21. The van der Waals surface area contributed by atoms with Gasteiger partial charge in [0.15, 0.2) is 17.5 Å². The normalized spacial score (nSPS) is 12.0. The van der Waals surface area contributed by atoms with Gasteiger partial charge in [0, 0.05) is 73.5 Å². The fourth-order valence-electron chi connectivity index (χ4n) is 8.33. The van der Waals surface area contributed by atoms with Crippen LogP contribution in [-0.4, -0.2) is 19.5 Å². The predicted molar refractivity (Wildman–Crippen MR) is 234 cm³/mol. The lowest BCUT2D eigenvalue weighted by Gasteiger charge is -2.13. The molecule has 12 aromatic rings. The van der Waals surface area contributed by atoms with Crippen molar-refractivity contribution in [2.75, 3.05) is 0 Å². The van der Waals surface area contributed by atoms with Gasteiger partial charge in [-0.15, -0.1) is 22.7 Å². The molecule has 0 spiro atoms. The molecule has 8 aromatic carbocycles. The van der Waals surface area contributed by atoms with E-state index >= 15 is 0 Å². The van der Waals surface area contributed by atoms with Crippen LogP contribution in [0.5, 0.6) is 0 Å². The fourth-order valence-corrected chi connectivity index (χ4v) is 10.6. The van der Waals surface area contributed by atoms with E-state index in [1.54, 1.807) is 11.3 Å². The summed E-state index contributed by atoms with van der Waals surface area (Å²) in [5.41, 5.74) is 6.31. The fraction of sp³-hybridized carbons (Fsp3) is 0. The Hall–Kier alpha value is -6.73. The van der Waals surface area contributed by atoms with Crippen molar-refractivity contribution in [2.45, 2.75) is 0 Å². The topological polar surface area (TPSA) is 43.6 Å². The number of nitrogens with zero attached hydrogens (tertiary/aromatic N) is 4. The zero-order valence-corrected chi connectivity index (χ0v) is 30.9. The lowest BCUT2D eigenvalue weighted by molar-refractivity contribution is 1.08. The summed E-state index contributed by atoms with van der Waals surface area (Å²) in [5.74, 6) is 1.96. The molecule has 0 saturated heterocycles. The van der Waals surface area contributed by atoms with Gasteiger partial charge in [-0.3, -0.25) is 0 Å². The molecule has 4 aromatic heterocycles. The molecule has 0 fully saturated rings. The van der Waals surface area contributed by atoms with E-state index < -0.39 is 0 Å². The van der Waals surface area contributed by atoms with Gasteiger partial charge in [-0.2, -0.15) is 0 Å². The van der Waals surface area contributed by atoms with Gasteiger partial charge in [-0.1, -0.05) is 115 Å². The summed E-state index contributed by atoms with van der Waals surface area (Å²) in [6.07, 6.45) is 0. The largest absolute Gasteiger partial charge is 0.309 e. The molecule has 0 aliphatic carbocycles. The van der Waals surface area contributed by atoms with Gasteiger partial charge in [-0.25, -0.2) is 15.0 Å². The number of para-hydroxylation sites is 1.